The van der Waals surface area contributed by atoms with E-state index in [2.05, 4.69) is 4.98 Å². The van der Waals surface area contributed by atoms with Gasteiger partial charge in [-0.15, -0.1) is 11.3 Å². The molecule has 1 heterocycles. The number of hydrogen-bond acceptors (Lipinski definition) is 5. The molecule has 1 aliphatic rings. The van der Waals surface area contributed by atoms with Crippen molar-refractivity contribution >= 4 is 21.4 Å². The molecule has 1 fully saturated rings. The maximum absolute atomic E-state index is 12.8. The van der Waals surface area contributed by atoms with Crippen LogP contribution in [0.5, 0.6) is 5.75 Å². The van der Waals surface area contributed by atoms with Crippen LogP contribution in [0.2, 0.25) is 0 Å². The van der Waals surface area contributed by atoms with Crippen LogP contribution in [-0.4, -0.2) is 30.9 Å². The topological polar surface area (TPSA) is 59.5 Å². The Kier molecular flexibility index (Phi) is 3.97. The number of hydrogen-bond donors (Lipinski definition) is 0. The molecule has 0 radical (unpaired) electrons. The second kappa shape index (κ2) is 5.75. The van der Waals surface area contributed by atoms with Gasteiger partial charge in [-0.2, -0.15) is 4.31 Å². The second-order valence-electron chi connectivity index (χ2n) is 4.88. The Morgan fingerprint density at radius 2 is 2.05 bits per heavy atom. The van der Waals surface area contributed by atoms with E-state index in [0.29, 0.717) is 17.2 Å². The Hall–Kier alpha value is -1.44. The van der Waals surface area contributed by atoms with E-state index in [0.717, 1.165) is 17.8 Å². The van der Waals surface area contributed by atoms with Crippen LogP contribution < -0.4 is 4.74 Å². The first-order valence-electron chi connectivity index (χ1n) is 6.65. The number of methoxy groups -OCH3 is 1. The number of benzene rings is 1. The maximum Gasteiger partial charge on any atom is 0.243 e. The molecule has 1 aromatic heterocycles. The highest BCUT2D eigenvalue weighted by Gasteiger charge is 2.38. The van der Waals surface area contributed by atoms with Crippen molar-refractivity contribution in [2.45, 2.75) is 30.3 Å². The van der Waals surface area contributed by atoms with Crippen molar-refractivity contribution < 1.29 is 13.2 Å². The van der Waals surface area contributed by atoms with Crippen molar-refractivity contribution in [2.75, 3.05) is 7.11 Å². The van der Waals surface area contributed by atoms with Gasteiger partial charge in [0.15, 0.2) is 0 Å². The lowest BCUT2D eigenvalue weighted by atomic mass is 10.3. The lowest BCUT2D eigenvalue weighted by Gasteiger charge is -2.21. The molecule has 21 heavy (non-hydrogen) atoms. The Morgan fingerprint density at radius 1 is 1.33 bits per heavy atom. The zero-order chi connectivity index (χ0) is 14.9. The zero-order valence-electron chi connectivity index (χ0n) is 11.6. The molecule has 0 bridgehead atoms. The summed E-state index contributed by atoms with van der Waals surface area (Å²) in [5, 5.41) is 2.68. The Bertz CT molecular complexity index is 692. The molecule has 0 unspecified atom stereocenters. The predicted molar refractivity (Wildman–Crippen MR) is 80.9 cm³/mol. The van der Waals surface area contributed by atoms with Crippen LogP contribution in [0.15, 0.2) is 40.7 Å². The smallest absolute Gasteiger partial charge is 0.243 e. The number of thiazole rings is 1. The zero-order valence-corrected chi connectivity index (χ0v) is 13.2. The molecule has 0 saturated heterocycles. The number of aromatic nitrogens is 1. The molecule has 0 spiro atoms. The first-order chi connectivity index (χ1) is 10.1. The van der Waals surface area contributed by atoms with Crippen LogP contribution >= 0.6 is 11.3 Å². The Morgan fingerprint density at radius 3 is 2.57 bits per heavy atom. The van der Waals surface area contributed by atoms with Gasteiger partial charge in [-0.3, -0.25) is 0 Å². The lowest BCUT2D eigenvalue weighted by molar-refractivity contribution is 0.397. The third-order valence-corrected chi connectivity index (χ3v) is 6.07. The predicted octanol–water partition coefficient (Wildman–Crippen LogP) is 2.51. The molecule has 7 heteroatoms. The fourth-order valence-corrected chi connectivity index (χ4v) is 4.46. The van der Waals surface area contributed by atoms with Gasteiger partial charge in [0.2, 0.25) is 10.0 Å². The van der Waals surface area contributed by atoms with Crippen LogP contribution in [0.1, 0.15) is 17.8 Å². The quantitative estimate of drug-likeness (QED) is 0.819. The van der Waals surface area contributed by atoms with Gasteiger partial charge in [0.05, 0.1) is 18.6 Å². The molecule has 3 rings (SSSR count). The summed E-state index contributed by atoms with van der Waals surface area (Å²) in [7, 11) is -1.94. The van der Waals surface area contributed by atoms with Gasteiger partial charge < -0.3 is 4.74 Å². The minimum absolute atomic E-state index is 0.0981. The maximum atomic E-state index is 12.8. The van der Waals surface area contributed by atoms with Crippen LogP contribution in [0.25, 0.3) is 0 Å². The lowest BCUT2D eigenvalue weighted by Crippen LogP contribution is -2.32. The molecule has 1 aliphatic carbocycles. The van der Waals surface area contributed by atoms with Crippen molar-refractivity contribution in [1.29, 1.82) is 0 Å². The minimum atomic E-state index is -3.49. The van der Waals surface area contributed by atoms with Crippen LogP contribution in [0.3, 0.4) is 0 Å². The van der Waals surface area contributed by atoms with E-state index in [1.807, 2.05) is 5.38 Å². The first kappa shape index (κ1) is 14.5. The normalized spacial score (nSPS) is 15.3. The number of rotatable bonds is 6. The fourth-order valence-electron chi connectivity index (χ4n) is 2.12. The van der Waals surface area contributed by atoms with E-state index >= 15 is 0 Å². The summed E-state index contributed by atoms with van der Waals surface area (Å²) >= 11 is 1.48. The summed E-state index contributed by atoms with van der Waals surface area (Å²) in [4.78, 5) is 4.49. The summed E-state index contributed by atoms with van der Waals surface area (Å²) in [5.41, 5.74) is 0. The largest absolute Gasteiger partial charge is 0.497 e. The number of ether oxygens (including phenoxy) is 1. The number of sulfonamides is 1. The van der Waals surface area contributed by atoms with Gasteiger partial charge in [0, 0.05) is 17.6 Å². The van der Waals surface area contributed by atoms with Crippen LogP contribution in [0, 0.1) is 0 Å². The summed E-state index contributed by atoms with van der Waals surface area (Å²) < 4.78 is 32.2. The van der Waals surface area contributed by atoms with E-state index in [1.165, 1.54) is 11.3 Å². The van der Waals surface area contributed by atoms with Gasteiger partial charge in [-0.25, -0.2) is 13.4 Å². The third-order valence-electron chi connectivity index (χ3n) is 3.39. The van der Waals surface area contributed by atoms with E-state index in [1.54, 1.807) is 41.9 Å². The van der Waals surface area contributed by atoms with E-state index in [9.17, 15) is 8.42 Å². The van der Waals surface area contributed by atoms with Gasteiger partial charge in [0.1, 0.15) is 10.8 Å². The molecule has 0 amide bonds. The monoisotopic (exact) mass is 324 g/mol. The molecule has 112 valence electrons. The second-order valence-corrected chi connectivity index (χ2v) is 7.75. The molecule has 2 aromatic rings. The SMILES string of the molecule is COc1ccc(S(=O)(=O)N(Cc2nccs2)C2CC2)cc1. The average Bonchev–Trinajstić information content (AvgIpc) is 3.20. The Labute approximate surface area is 128 Å². The molecule has 5 nitrogen and oxygen atoms in total. The summed E-state index contributed by atoms with van der Waals surface area (Å²) in [6.45, 7) is 0.344. The molecule has 0 aliphatic heterocycles. The molecular weight excluding hydrogens is 308 g/mol. The minimum Gasteiger partial charge on any atom is -0.497 e. The van der Waals surface area contributed by atoms with E-state index in [4.69, 9.17) is 4.74 Å². The highest BCUT2D eigenvalue weighted by molar-refractivity contribution is 7.89. The fraction of sp³-hybridized carbons (Fsp3) is 0.357. The average molecular weight is 324 g/mol. The van der Waals surface area contributed by atoms with Crippen molar-refractivity contribution in [1.82, 2.24) is 9.29 Å². The third kappa shape index (κ3) is 3.09. The number of nitrogens with zero attached hydrogens (tertiary/aromatic N) is 2. The summed E-state index contributed by atoms with van der Waals surface area (Å²) in [5.74, 6) is 0.645. The van der Waals surface area contributed by atoms with Crippen molar-refractivity contribution in [3.05, 3.63) is 40.8 Å². The molecule has 1 saturated carbocycles. The molecule has 0 N–H and O–H groups in total. The van der Waals surface area contributed by atoms with Gasteiger partial charge in [-0.05, 0) is 37.1 Å². The molecular formula is C14H16N2O3S2. The van der Waals surface area contributed by atoms with Crippen molar-refractivity contribution in [3.8, 4) is 5.75 Å². The van der Waals surface area contributed by atoms with Gasteiger partial charge in [-0.1, -0.05) is 0 Å². The first-order valence-corrected chi connectivity index (χ1v) is 8.97. The van der Waals surface area contributed by atoms with Gasteiger partial charge in [0.25, 0.3) is 0 Å². The van der Waals surface area contributed by atoms with E-state index in [-0.39, 0.29) is 6.04 Å². The highest BCUT2D eigenvalue weighted by atomic mass is 32.2. The molecule has 1 aromatic carbocycles. The van der Waals surface area contributed by atoms with Crippen molar-refractivity contribution in [3.63, 3.8) is 0 Å². The van der Waals surface area contributed by atoms with Gasteiger partial charge >= 0.3 is 0 Å². The highest BCUT2D eigenvalue weighted by Crippen LogP contribution is 2.34. The molecule has 0 atom stereocenters. The summed E-state index contributed by atoms with van der Waals surface area (Å²) in [6, 6.07) is 6.61. The Balaban J connectivity index is 1.89. The summed E-state index contributed by atoms with van der Waals surface area (Å²) in [6.07, 6.45) is 3.53. The van der Waals surface area contributed by atoms with Crippen LogP contribution in [-0.2, 0) is 16.6 Å². The standard InChI is InChI=1S/C14H16N2O3S2/c1-19-12-4-6-13(7-5-12)21(17,18)16(11-2-3-11)10-14-15-8-9-20-14/h4-9,11H,2-3,10H2,1H3. The van der Waals surface area contributed by atoms with Crippen LogP contribution in [0.4, 0.5) is 0 Å². The van der Waals surface area contributed by atoms with Crippen molar-refractivity contribution in [2.24, 2.45) is 0 Å². The van der Waals surface area contributed by atoms with E-state index < -0.39 is 10.0 Å².